The first kappa shape index (κ1) is 18.7. The lowest BCUT2D eigenvalue weighted by molar-refractivity contribution is -0.118. The summed E-state index contributed by atoms with van der Waals surface area (Å²) >= 11 is 11.7. The normalized spacial score (nSPS) is 16.6. The largest absolute Gasteiger partial charge is 0.346 e. The highest BCUT2D eigenvalue weighted by molar-refractivity contribution is 7.80. The fourth-order valence-corrected chi connectivity index (χ4v) is 4.11. The van der Waals surface area contributed by atoms with Gasteiger partial charge >= 0.3 is 0 Å². The van der Waals surface area contributed by atoms with E-state index in [4.69, 9.17) is 23.8 Å². The summed E-state index contributed by atoms with van der Waals surface area (Å²) in [5.41, 5.74) is 5.00. The van der Waals surface area contributed by atoms with Crippen LogP contribution in [0.15, 0.2) is 48.5 Å². The van der Waals surface area contributed by atoms with Crippen LogP contribution < -0.4 is 10.2 Å². The molecule has 28 heavy (non-hydrogen) atoms. The predicted molar refractivity (Wildman–Crippen MR) is 115 cm³/mol. The Bertz CT molecular complexity index is 1090. The number of benzene rings is 2. The zero-order valence-electron chi connectivity index (χ0n) is 15.7. The quantitative estimate of drug-likeness (QED) is 0.649. The predicted octanol–water partition coefficient (Wildman–Crippen LogP) is 4.41. The van der Waals surface area contributed by atoms with E-state index in [0.29, 0.717) is 15.8 Å². The highest BCUT2D eigenvalue weighted by atomic mass is 35.5. The molecule has 1 atom stereocenters. The van der Waals surface area contributed by atoms with Crippen LogP contribution in [0.2, 0.25) is 5.02 Å². The Morgan fingerprint density at radius 1 is 1.07 bits per heavy atom. The summed E-state index contributed by atoms with van der Waals surface area (Å²) in [7, 11) is 0. The van der Waals surface area contributed by atoms with Gasteiger partial charge in [0.1, 0.15) is 6.04 Å². The van der Waals surface area contributed by atoms with E-state index in [0.717, 1.165) is 28.2 Å². The van der Waals surface area contributed by atoms with Gasteiger partial charge in [-0.25, -0.2) is 4.68 Å². The van der Waals surface area contributed by atoms with Gasteiger partial charge in [-0.3, -0.25) is 9.69 Å². The number of hydrogen-bond donors (Lipinski definition) is 1. The smallest absolute Gasteiger partial charge is 0.260 e. The topological polar surface area (TPSA) is 50.2 Å². The van der Waals surface area contributed by atoms with Crippen molar-refractivity contribution in [1.82, 2.24) is 15.1 Å². The second-order valence-corrected chi connectivity index (χ2v) is 7.57. The van der Waals surface area contributed by atoms with Crippen LogP contribution in [0.25, 0.3) is 5.69 Å². The molecule has 0 unspecified atom stereocenters. The first-order valence-electron chi connectivity index (χ1n) is 8.91. The van der Waals surface area contributed by atoms with E-state index in [9.17, 15) is 4.79 Å². The molecule has 1 aromatic heterocycles. The molecule has 1 N–H and O–H groups in total. The molecule has 3 aromatic rings. The van der Waals surface area contributed by atoms with Crippen LogP contribution in [0.4, 0.5) is 5.69 Å². The van der Waals surface area contributed by atoms with Crippen molar-refractivity contribution in [1.29, 1.82) is 0 Å². The number of aryl methyl sites for hydroxylation is 1. The molecule has 142 valence electrons. The van der Waals surface area contributed by atoms with E-state index < -0.39 is 6.04 Å². The molecule has 2 heterocycles. The molecule has 0 saturated carbocycles. The van der Waals surface area contributed by atoms with Gasteiger partial charge in [0.25, 0.3) is 5.91 Å². The fraction of sp³-hybridized carbons (Fsp3) is 0.190. The Morgan fingerprint density at radius 2 is 1.79 bits per heavy atom. The van der Waals surface area contributed by atoms with Gasteiger partial charge in [0.05, 0.1) is 17.1 Å². The van der Waals surface area contributed by atoms with E-state index in [-0.39, 0.29) is 5.91 Å². The number of halogens is 1. The third-order valence-electron chi connectivity index (χ3n) is 5.05. The molecule has 7 heteroatoms. The van der Waals surface area contributed by atoms with Crippen LogP contribution in [0.5, 0.6) is 0 Å². The molecular weight excluding hydrogens is 392 g/mol. The molecule has 1 aliphatic rings. The number of amides is 1. The summed E-state index contributed by atoms with van der Waals surface area (Å²) in [6, 6.07) is 14.7. The third-order valence-corrected chi connectivity index (χ3v) is 5.76. The number of nitrogens with one attached hydrogen (secondary N) is 1. The van der Waals surface area contributed by atoms with Crippen LogP contribution in [-0.2, 0) is 4.79 Å². The van der Waals surface area contributed by atoms with Gasteiger partial charge in [-0.05, 0) is 62.8 Å². The lowest BCUT2D eigenvalue weighted by Gasteiger charge is -2.18. The number of nitrogens with zero attached hydrogens (tertiary/aromatic N) is 3. The van der Waals surface area contributed by atoms with Crippen molar-refractivity contribution >= 4 is 40.5 Å². The summed E-state index contributed by atoms with van der Waals surface area (Å²) in [5.74, 6) is -0.130. The Hall–Kier alpha value is -2.70. The zero-order valence-corrected chi connectivity index (χ0v) is 17.3. The van der Waals surface area contributed by atoms with Gasteiger partial charge in [0.2, 0.25) is 0 Å². The molecule has 2 aromatic carbocycles. The van der Waals surface area contributed by atoms with Crippen LogP contribution in [0.1, 0.15) is 28.6 Å². The number of anilines is 1. The molecular formula is C21H19ClN4OS. The number of rotatable bonds is 3. The van der Waals surface area contributed by atoms with Crippen molar-refractivity contribution in [2.45, 2.75) is 26.8 Å². The summed E-state index contributed by atoms with van der Waals surface area (Å²) in [6.45, 7) is 5.76. The van der Waals surface area contributed by atoms with Crippen molar-refractivity contribution in [3.05, 3.63) is 76.1 Å². The van der Waals surface area contributed by atoms with E-state index >= 15 is 0 Å². The summed E-state index contributed by atoms with van der Waals surface area (Å²) in [5, 5.41) is 8.79. The molecule has 4 rings (SSSR count). The molecule has 0 radical (unpaired) electrons. The lowest BCUT2D eigenvalue weighted by atomic mass is 10.0. The number of carbonyl (C=O) groups is 1. The van der Waals surface area contributed by atoms with E-state index in [1.165, 1.54) is 4.90 Å². The molecule has 0 spiro atoms. The van der Waals surface area contributed by atoms with Crippen LogP contribution >= 0.6 is 23.8 Å². The van der Waals surface area contributed by atoms with Gasteiger partial charge < -0.3 is 5.32 Å². The number of thiocarbonyl (C=S) groups is 1. The Labute approximate surface area is 173 Å². The number of aromatic nitrogens is 2. The van der Waals surface area contributed by atoms with Gasteiger partial charge in [-0.1, -0.05) is 35.9 Å². The first-order chi connectivity index (χ1) is 13.4. The minimum Gasteiger partial charge on any atom is -0.346 e. The van der Waals surface area contributed by atoms with Gasteiger partial charge in [-0.2, -0.15) is 5.10 Å². The maximum absolute atomic E-state index is 13.3. The summed E-state index contributed by atoms with van der Waals surface area (Å²) in [4.78, 5) is 14.9. The molecule has 1 amide bonds. The van der Waals surface area contributed by atoms with Crippen molar-refractivity contribution < 1.29 is 4.79 Å². The number of para-hydroxylation sites is 1. The minimum atomic E-state index is -0.580. The van der Waals surface area contributed by atoms with E-state index in [1.54, 1.807) is 6.07 Å². The molecule has 0 bridgehead atoms. The summed E-state index contributed by atoms with van der Waals surface area (Å²) in [6.07, 6.45) is 0. The average molecular weight is 411 g/mol. The fourth-order valence-electron chi connectivity index (χ4n) is 3.63. The van der Waals surface area contributed by atoms with Gasteiger partial charge in [0, 0.05) is 16.3 Å². The lowest BCUT2D eigenvalue weighted by Crippen LogP contribution is -2.31. The van der Waals surface area contributed by atoms with E-state index in [2.05, 4.69) is 10.4 Å². The number of carbonyl (C=O) groups excluding carboxylic acids is 1. The maximum atomic E-state index is 13.3. The van der Waals surface area contributed by atoms with Crippen molar-refractivity contribution in [3.8, 4) is 5.69 Å². The van der Waals surface area contributed by atoms with Crippen molar-refractivity contribution in [2.75, 3.05) is 4.90 Å². The average Bonchev–Trinajstić information content (AvgIpc) is 3.13. The Morgan fingerprint density at radius 3 is 2.50 bits per heavy atom. The van der Waals surface area contributed by atoms with Crippen LogP contribution in [0, 0.1) is 20.8 Å². The maximum Gasteiger partial charge on any atom is 0.260 e. The highest BCUT2D eigenvalue weighted by Crippen LogP contribution is 2.34. The second kappa shape index (κ2) is 7.04. The summed E-state index contributed by atoms with van der Waals surface area (Å²) < 4.78 is 1.86. The zero-order chi connectivity index (χ0) is 20.0. The molecule has 1 fully saturated rings. The van der Waals surface area contributed by atoms with Gasteiger partial charge in [-0.15, -0.1) is 0 Å². The van der Waals surface area contributed by atoms with Gasteiger partial charge in [0.15, 0.2) is 5.11 Å². The van der Waals surface area contributed by atoms with Crippen molar-refractivity contribution in [2.24, 2.45) is 0 Å². The molecule has 1 saturated heterocycles. The highest BCUT2D eigenvalue weighted by Gasteiger charge is 2.40. The van der Waals surface area contributed by atoms with E-state index in [1.807, 2.05) is 67.9 Å². The van der Waals surface area contributed by atoms with Crippen LogP contribution in [0.3, 0.4) is 0 Å². The third kappa shape index (κ3) is 2.89. The first-order valence-corrected chi connectivity index (χ1v) is 9.70. The second-order valence-electron chi connectivity index (χ2n) is 6.77. The molecule has 0 aliphatic carbocycles. The SMILES string of the molecule is Cc1nn(-c2ccccc2)c(C)c1[C@@H]1NC(=S)N(c2cccc(Cl)c2C)C1=O. The van der Waals surface area contributed by atoms with Crippen molar-refractivity contribution in [3.63, 3.8) is 0 Å². The number of hydrogen-bond acceptors (Lipinski definition) is 3. The standard InChI is InChI=1S/C21H19ClN4OS/c1-12-16(22)10-7-11-17(12)25-20(27)19(23-21(25)28)18-13(2)24-26(14(18)3)15-8-5-4-6-9-15/h4-11,19H,1-3H3,(H,23,28)/t19-/m0/s1. The Balaban J connectivity index is 1.76. The Kier molecular flexibility index (Phi) is 4.69. The minimum absolute atomic E-state index is 0.130. The monoisotopic (exact) mass is 410 g/mol. The molecule has 5 nitrogen and oxygen atoms in total. The van der Waals surface area contributed by atoms with Crippen LogP contribution in [-0.4, -0.2) is 20.8 Å². The molecule has 1 aliphatic heterocycles.